The molecule has 1 rings (SSSR count). The number of hydrogen-bond acceptors (Lipinski definition) is 2. The van der Waals surface area contributed by atoms with Crippen LogP contribution in [0.15, 0.2) is 12.1 Å². The summed E-state index contributed by atoms with van der Waals surface area (Å²) in [6, 6.07) is 1.72. The summed E-state index contributed by atoms with van der Waals surface area (Å²) in [5.41, 5.74) is 6.00. The van der Waals surface area contributed by atoms with Crippen molar-refractivity contribution in [2.75, 3.05) is 20.1 Å². The molecule has 0 heterocycles. The number of rotatable bonds is 6. The molecule has 0 amide bonds. The Balaban J connectivity index is 2.94. The normalized spacial score (nSPS) is 13.1. The van der Waals surface area contributed by atoms with Crippen molar-refractivity contribution in [2.24, 2.45) is 5.73 Å². The number of benzene rings is 1. The highest BCUT2D eigenvalue weighted by Gasteiger charge is 2.19. The zero-order valence-corrected chi connectivity index (χ0v) is 10.7. The van der Waals surface area contributed by atoms with Gasteiger partial charge in [0.25, 0.3) is 0 Å². The van der Waals surface area contributed by atoms with Gasteiger partial charge in [-0.25, -0.2) is 13.2 Å². The Kier molecular flexibility index (Phi) is 5.62. The van der Waals surface area contributed by atoms with Gasteiger partial charge in [-0.15, -0.1) is 0 Å². The molecule has 1 aromatic rings. The quantitative estimate of drug-likeness (QED) is 0.797. The van der Waals surface area contributed by atoms with Crippen LogP contribution >= 0.6 is 0 Å². The van der Waals surface area contributed by atoms with Gasteiger partial charge in [0, 0.05) is 12.6 Å². The summed E-state index contributed by atoms with van der Waals surface area (Å²) in [5.74, 6) is -3.79. The summed E-state index contributed by atoms with van der Waals surface area (Å²) in [6.45, 7) is 3.06. The monoisotopic (exact) mass is 260 g/mol. The Morgan fingerprint density at radius 1 is 1.22 bits per heavy atom. The molecule has 0 fully saturated rings. The molecule has 0 aromatic heterocycles. The number of hydrogen-bond donors (Lipinski definition) is 1. The first-order chi connectivity index (χ1) is 8.51. The van der Waals surface area contributed by atoms with Crippen molar-refractivity contribution in [3.8, 4) is 0 Å². The molecule has 1 unspecified atom stereocenters. The highest BCUT2D eigenvalue weighted by atomic mass is 19.2. The smallest absolute Gasteiger partial charge is 0.194 e. The van der Waals surface area contributed by atoms with Gasteiger partial charge < -0.3 is 5.73 Å². The summed E-state index contributed by atoms with van der Waals surface area (Å²) >= 11 is 0. The number of unbranched alkanes of at least 4 members (excludes halogenated alkanes) is 1. The molecule has 0 bridgehead atoms. The lowest BCUT2D eigenvalue weighted by Crippen LogP contribution is -2.31. The van der Waals surface area contributed by atoms with Crippen molar-refractivity contribution in [1.29, 1.82) is 0 Å². The maximum absolute atomic E-state index is 13.2. The van der Waals surface area contributed by atoms with Crippen LogP contribution in [0.1, 0.15) is 31.4 Å². The lowest BCUT2D eigenvalue weighted by Gasteiger charge is -2.27. The molecule has 1 atom stereocenters. The van der Waals surface area contributed by atoms with Crippen LogP contribution in [0.3, 0.4) is 0 Å². The van der Waals surface area contributed by atoms with E-state index in [0.29, 0.717) is 5.56 Å². The topological polar surface area (TPSA) is 29.3 Å². The fourth-order valence-electron chi connectivity index (χ4n) is 1.90. The molecule has 0 saturated carbocycles. The summed E-state index contributed by atoms with van der Waals surface area (Å²) in [7, 11) is 1.84. The highest BCUT2D eigenvalue weighted by Crippen LogP contribution is 2.22. The first-order valence-corrected chi connectivity index (χ1v) is 6.06. The van der Waals surface area contributed by atoms with Gasteiger partial charge in [0.05, 0.1) is 0 Å². The number of nitrogens with two attached hydrogens (primary N) is 1. The Hall–Kier alpha value is -1.07. The average molecular weight is 260 g/mol. The number of halogens is 3. The van der Waals surface area contributed by atoms with Gasteiger partial charge in [0.15, 0.2) is 17.5 Å². The molecule has 2 N–H and O–H groups in total. The summed E-state index contributed by atoms with van der Waals surface area (Å²) < 4.78 is 39.2. The van der Waals surface area contributed by atoms with E-state index in [9.17, 15) is 13.2 Å². The molecule has 0 radical (unpaired) electrons. The molecule has 0 aliphatic rings. The molecule has 102 valence electrons. The molecule has 2 nitrogen and oxygen atoms in total. The van der Waals surface area contributed by atoms with E-state index in [1.165, 1.54) is 0 Å². The van der Waals surface area contributed by atoms with Gasteiger partial charge in [0.2, 0.25) is 0 Å². The summed E-state index contributed by atoms with van der Waals surface area (Å²) in [4.78, 5) is 1.93. The number of nitrogens with zero attached hydrogens (tertiary/aromatic N) is 1. The van der Waals surface area contributed by atoms with Crippen LogP contribution in [-0.2, 0) is 0 Å². The Morgan fingerprint density at radius 2 is 1.78 bits per heavy atom. The molecule has 1 aromatic carbocycles. The summed E-state index contributed by atoms with van der Waals surface area (Å²) in [5, 5.41) is 0. The predicted molar refractivity (Wildman–Crippen MR) is 65.6 cm³/mol. The van der Waals surface area contributed by atoms with Crippen molar-refractivity contribution in [1.82, 2.24) is 4.90 Å². The van der Waals surface area contributed by atoms with Gasteiger partial charge in [0.1, 0.15) is 0 Å². The fourth-order valence-corrected chi connectivity index (χ4v) is 1.90. The van der Waals surface area contributed by atoms with E-state index in [-0.39, 0.29) is 12.6 Å². The molecule has 0 aliphatic heterocycles. The summed E-state index contributed by atoms with van der Waals surface area (Å²) in [6.07, 6.45) is 1.99. The van der Waals surface area contributed by atoms with Crippen LogP contribution in [0.2, 0.25) is 0 Å². The predicted octanol–water partition coefficient (Wildman–Crippen LogP) is 2.84. The fraction of sp³-hybridized carbons (Fsp3) is 0.538. The van der Waals surface area contributed by atoms with Crippen LogP contribution in [0.4, 0.5) is 13.2 Å². The van der Waals surface area contributed by atoms with Gasteiger partial charge in [-0.3, -0.25) is 4.90 Å². The van der Waals surface area contributed by atoms with E-state index in [2.05, 4.69) is 6.92 Å². The lowest BCUT2D eigenvalue weighted by molar-refractivity contribution is 0.245. The standard InChI is InChI=1S/C13H19F3N2/c1-3-4-5-18(2)12(8-17)9-6-10(14)13(16)11(15)7-9/h6-7,12H,3-5,8,17H2,1-2H3. The van der Waals surface area contributed by atoms with Crippen LogP contribution in [0, 0.1) is 17.5 Å². The third-order valence-corrected chi connectivity index (χ3v) is 3.01. The van der Waals surface area contributed by atoms with E-state index in [1.807, 2.05) is 11.9 Å². The van der Waals surface area contributed by atoms with Crippen molar-refractivity contribution < 1.29 is 13.2 Å². The lowest BCUT2D eigenvalue weighted by atomic mass is 10.0. The molecule has 0 saturated heterocycles. The maximum atomic E-state index is 13.2. The highest BCUT2D eigenvalue weighted by molar-refractivity contribution is 5.23. The molecular weight excluding hydrogens is 241 g/mol. The maximum Gasteiger partial charge on any atom is 0.194 e. The third-order valence-electron chi connectivity index (χ3n) is 3.01. The number of likely N-dealkylation sites (N-methyl/N-ethyl adjacent to an activating group) is 1. The van der Waals surface area contributed by atoms with Crippen LogP contribution < -0.4 is 5.73 Å². The van der Waals surface area contributed by atoms with Gasteiger partial charge in [-0.1, -0.05) is 13.3 Å². The van der Waals surface area contributed by atoms with Crippen molar-refractivity contribution >= 4 is 0 Å². The van der Waals surface area contributed by atoms with E-state index in [0.717, 1.165) is 31.5 Å². The van der Waals surface area contributed by atoms with Crippen molar-refractivity contribution in [3.05, 3.63) is 35.1 Å². The first kappa shape index (κ1) is 15.0. The van der Waals surface area contributed by atoms with E-state index < -0.39 is 17.5 Å². The molecule has 0 spiro atoms. The minimum atomic E-state index is -1.44. The molecule has 18 heavy (non-hydrogen) atoms. The Morgan fingerprint density at radius 3 is 2.22 bits per heavy atom. The van der Waals surface area contributed by atoms with Crippen LogP contribution in [0.25, 0.3) is 0 Å². The minimum absolute atomic E-state index is 0.227. The van der Waals surface area contributed by atoms with E-state index in [1.54, 1.807) is 0 Å². The second-order valence-electron chi connectivity index (χ2n) is 4.38. The second kappa shape index (κ2) is 6.75. The van der Waals surface area contributed by atoms with Crippen molar-refractivity contribution in [2.45, 2.75) is 25.8 Å². The van der Waals surface area contributed by atoms with E-state index in [4.69, 9.17) is 5.73 Å². The molecular formula is C13H19F3N2. The van der Waals surface area contributed by atoms with Crippen LogP contribution in [-0.4, -0.2) is 25.0 Å². The van der Waals surface area contributed by atoms with Gasteiger partial charge in [-0.2, -0.15) is 0 Å². The molecule has 0 aliphatic carbocycles. The average Bonchev–Trinajstić information content (AvgIpc) is 2.34. The first-order valence-electron chi connectivity index (χ1n) is 6.06. The largest absolute Gasteiger partial charge is 0.329 e. The Bertz CT molecular complexity index is 373. The second-order valence-corrected chi connectivity index (χ2v) is 4.38. The van der Waals surface area contributed by atoms with Gasteiger partial charge >= 0.3 is 0 Å². The SMILES string of the molecule is CCCCN(C)C(CN)c1cc(F)c(F)c(F)c1. The molecule has 5 heteroatoms. The zero-order valence-electron chi connectivity index (χ0n) is 10.7. The minimum Gasteiger partial charge on any atom is -0.329 e. The zero-order chi connectivity index (χ0) is 13.7. The van der Waals surface area contributed by atoms with E-state index >= 15 is 0 Å². The van der Waals surface area contributed by atoms with Gasteiger partial charge in [-0.05, 0) is 37.7 Å². The Labute approximate surface area is 106 Å². The van der Waals surface area contributed by atoms with Crippen LogP contribution in [0.5, 0.6) is 0 Å². The third kappa shape index (κ3) is 3.46. The van der Waals surface area contributed by atoms with Crippen molar-refractivity contribution in [3.63, 3.8) is 0 Å².